The molecule has 0 spiro atoms. The van der Waals surface area contributed by atoms with E-state index >= 15 is 0 Å². The number of anilines is 2. The molecule has 3 aromatic heterocycles. The zero-order chi connectivity index (χ0) is 22.8. The van der Waals surface area contributed by atoms with Crippen molar-refractivity contribution in [2.45, 2.75) is 13.0 Å². The molecule has 1 atom stereocenters. The number of hydrogen-bond acceptors (Lipinski definition) is 7. The molecule has 5 rings (SSSR count). The van der Waals surface area contributed by atoms with E-state index in [-0.39, 0.29) is 5.91 Å². The Kier molecular flexibility index (Phi) is 5.27. The summed E-state index contributed by atoms with van der Waals surface area (Å²) in [5, 5.41) is 10.9. The number of nitrogens with one attached hydrogen (secondary N) is 2. The average molecular weight is 439 g/mol. The van der Waals surface area contributed by atoms with Gasteiger partial charge < -0.3 is 15.4 Å². The van der Waals surface area contributed by atoms with Gasteiger partial charge in [-0.25, -0.2) is 4.68 Å². The van der Waals surface area contributed by atoms with E-state index in [0.29, 0.717) is 34.5 Å². The molecule has 1 aliphatic heterocycles. The monoisotopic (exact) mass is 439 g/mol. The van der Waals surface area contributed by atoms with Gasteiger partial charge >= 0.3 is 0 Å². The van der Waals surface area contributed by atoms with Crippen molar-refractivity contribution in [2.24, 2.45) is 0 Å². The molecule has 9 heteroatoms. The third kappa shape index (κ3) is 3.80. The molecule has 0 fully saturated rings. The summed E-state index contributed by atoms with van der Waals surface area (Å²) < 4.78 is 7.10. The highest BCUT2D eigenvalue weighted by Crippen LogP contribution is 2.37. The highest BCUT2D eigenvalue weighted by molar-refractivity contribution is 6.06. The Morgan fingerprint density at radius 3 is 2.58 bits per heavy atom. The first-order valence-electron chi connectivity index (χ1n) is 10.3. The van der Waals surface area contributed by atoms with Gasteiger partial charge in [-0.15, -0.1) is 5.10 Å². The third-order valence-corrected chi connectivity index (χ3v) is 5.37. The lowest BCUT2D eigenvalue weighted by molar-refractivity contribution is -0.113. The first-order valence-corrected chi connectivity index (χ1v) is 10.3. The van der Waals surface area contributed by atoms with Crippen LogP contribution in [0.4, 0.5) is 11.6 Å². The fourth-order valence-corrected chi connectivity index (χ4v) is 3.85. The quantitative estimate of drug-likeness (QED) is 0.489. The molecule has 0 bridgehead atoms. The van der Waals surface area contributed by atoms with Crippen molar-refractivity contribution in [2.75, 3.05) is 17.7 Å². The number of rotatable bonds is 5. The SMILES string of the molecule is COc1ccccc1NC(=O)C1=C(C)Nc2nc(-c3cccnc3)nn2C1c1cccnc1. The zero-order valence-corrected chi connectivity index (χ0v) is 18.1. The van der Waals surface area contributed by atoms with E-state index in [2.05, 4.69) is 25.6 Å². The number of carbonyl (C=O) groups excluding carboxylic acids is 1. The molecule has 33 heavy (non-hydrogen) atoms. The van der Waals surface area contributed by atoms with Crippen LogP contribution in [0.2, 0.25) is 0 Å². The number of pyridine rings is 2. The summed E-state index contributed by atoms with van der Waals surface area (Å²) in [4.78, 5) is 26.6. The topological polar surface area (TPSA) is 107 Å². The minimum Gasteiger partial charge on any atom is -0.495 e. The van der Waals surface area contributed by atoms with Crippen molar-refractivity contribution < 1.29 is 9.53 Å². The maximum absolute atomic E-state index is 13.6. The van der Waals surface area contributed by atoms with E-state index in [1.54, 1.807) is 48.7 Å². The van der Waals surface area contributed by atoms with Crippen LogP contribution in [0, 0.1) is 0 Å². The van der Waals surface area contributed by atoms with Crippen molar-refractivity contribution in [3.05, 3.63) is 90.2 Å². The highest BCUT2D eigenvalue weighted by atomic mass is 16.5. The highest BCUT2D eigenvalue weighted by Gasteiger charge is 2.34. The lowest BCUT2D eigenvalue weighted by Crippen LogP contribution is -2.31. The first-order chi connectivity index (χ1) is 16.2. The zero-order valence-electron chi connectivity index (χ0n) is 18.1. The van der Waals surface area contributed by atoms with Gasteiger partial charge in [-0.1, -0.05) is 18.2 Å². The number of ether oxygens (including phenoxy) is 1. The van der Waals surface area contributed by atoms with Crippen LogP contribution in [0.15, 0.2) is 84.6 Å². The Labute approximate surface area is 190 Å². The Balaban J connectivity index is 1.59. The summed E-state index contributed by atoms with van der Waals surface area (Å²) in [5.74, 6) is 1.35. The molecule has 0 radical (unpaired) electrons. The van der Waals surface area contributed by atoms with E-state index in [1.807, 2.05) is 43.3 Å². The number of para-hydroxylation sites is 2. The lowest BCUT2D eigenvalue weighted by atomic mass is 9.96. The number of benzene rings is 1. The smallest absolute Gasteiger partial charge is 0.255 e. The van der Waals surface area contributed by atoms with Crippen LogP contribution in [-0.4, -0.2) is 37.7 Å². The van der Waals surface area contributed by atoms with Crippen molar-refractivity contribution in [3.8, 4) is 17.1 Å². The van der Waals surface area contributed by atoms with Crippen LogP contribution in [0.5, 0.6) is 5.75 Å². The maximum Gasteiger partial charge on any atom is 0.255 e. The van der Waals surface area contributed by atoms with Gasteiger partial charge in [-0.3, -0.25) is 14.8 Å². The van der Waals surface area contributed by atoms with Gasteiger partial charge in [0, 0.05) is 36.0 Å². The second kappa shape index (κ2) is 8.54. The number of aromatic nitrogens is 5. The molecule has 164 valence electrons. The number of methoxy groups -OCH3 is 1. The van der Waals surface area contributed by atoms with Crippen LogP contribution in [0.3, 0.4) is 0 Å². The van der Waals surface area contributed by atoms with Gasteiger partial charge in [0.25, 0.3) is 5.91 Å². The number of hydrogen-bond donors (Lipinski definition) is 2. The Morgan fingerprint density at radius 1 is 1.06 bits per heavy atom. The second-order valence-corrected chi connectivity index (χ2v) is 7.45. The van der Waals surface area contributed by atoms with Crippen molar-refractivity contribution in [1.29, 1.82) is 0 Å². The van der Waals surface area contributed by atoms with Crippen LogP contribution in [0.1, 0.15) is 18.5 Å². The molecule has 0 saturated carbocycles. The minimum atomic E-state index is -0.525. The summed E-state index contributed by atoms with van der Waals surface area (Å²) >= 11 is 0. The molecule has 1 aromatic carbocycles. The van der Waals surface area contributed by atoms with Crippen molar-refractivity contribution in [3.63, 3.8) is 0 Å². The molecule has 4 aromatic rings. The summed E-state index contributed by atoms with van der Waals surface area (Å²) in [6.07, 6.45) is 6.83. The van der Waals surface area contributed by atoms with E-state index < -0.39 is 6.04 Å². The molecule has 0 aliphatic carbocycles. The van der Waals surface area contributed by atoms with Gasteiger partial charge in [0.15, 0.2) is 5.82 Å². The van der Waals surface area contributed by atoms with Crippen LogP contribution in [0.25, 0.3) is 11.4 Å². The van der Waals surface area contributed by atoms with Crippen LogP contribution in [-0.2, 0) is 4.79 Å². The number of allylic oxidation sites excluding steroid dienone is 1. The fourth-order valence-electron chi connectivity index (χ4n) is 3.85. The Hall–Kier alpha value is -4.53. The molecule has 1 aliphatic rings. The predicted molar refractivity (Wildman–Crippen MR) is 124 cm³/mol. The second-order valence-electron chi connectivity index (χ2n) is 7.45. The van der Waals surface area contributed by atoms with Crippen molar-refractivity contribution >= 4 is 17.5 Å². The third-order valence-electron chi connectivity index (χ3n) is 5.37. The number of nitrogens with zero attached hydrogens (tertiary/aromatic N) is 5. The van der Waals surface area contributed by atoms with Gasteiger partial charge in [0.1, 0.15) is 11.8 Å². The normalized spacial score (nSPS) is 14.9. The van der Waals surface area contributed by atoms with E-state index in [1.165, 1.54) is 0 Å². The number of fused-ring (bicyclic) bond motifs is 1. The maximum atomic E-state index is 13.6. The number of carbonyl (C=O) groups is 1. The first kappa shape index (κ1) is 20.4. The summed E-state index contributed by atoms with van der Waals surface area (Å²) in [5.41, 5.74) is 3.35. The van der Waals surface area contributed by atoms with Gasteiger partial charge in [-0.2, -0.15) is 4.98 Å². The van der Waals surface area contributed by atoms with E-state index in [4.69, 9.17) is 9.84 Å². The lowest BCUT2D eigenvalue weighted by Gasteiger charge is -2.28. The van der Waals surface area contributed by atoms with Gasteiger partial charge in [0.2, 0.25) is 5.95 Å². The summed E-state index contributed by atoms with van der Waals surface area (Å²) in [6.45, 7) is 1.85. The fraction of sp³-hybridized carbons (Fsp3) is 0.125. The predicted octanol–water partition coefficient (Wildman–Crippen LogP) is 3.67. The van der Waals surface area contributed by atoms with E-state index in [9.17, 15) is 4.79 Å². The molecule has 2 N–H and O–H groups in total. The largest absolute Gasteiger partial charge is 0.495 e. The summed E-state index contributed by atoms with van der Waals surface area (Å²) in [7, 11) is 1.57. The standard InChI is InChI=1S/C24H21N7O2/c1-15-20(23(32)28-18-9-3-4-10-19(18)33-2)21(16-7-5-11-25-13-16)31-24(27-15)29-22(30-31)17-8-6-12-26-14-17/h3-14,21H,1-2H3,(H,28,32)(H,27,29,30). The van der Waals surface area contributed by atoms with Crippen molar-refractivity contribution in [1.82, 2.24) is 24.7 Å². The molecule has 1 amide bonds. The van der Waals surface area contributed by atoms with E-state index in [0.717, 1.165) is 11.1 Å². The van der Waals surface area contributed by atoms with Crippen LogP contribution < -0.4 is 15.4 Å². The molecular formula is C24H21N7O2. The Bertz CT molecular complexity index is 1330. The van der Waals surface area contributed by atoms with Gasteiger partial charge in [0.05, 0.1) is 18.4 Å². The molecule has 4 heterocycles. The molecule has 1 unspecified atom stereocenters. The minimum absolute atomic E-state index is 0.276. The molecule has 9 nitrogen and oxygen atoms in total. The molecular weight excluding hydrogens is 418 g/mol. The average Bonchev–Trinajstić information content (AvgIpc) is 3.28. The summed E-state index contributed by atoms with van der Waals surface area (Å²) in [6, 6.07) is 14.2. The van der Waals surface area contributed by atoms with Crippen LogP contribution >= 0.6 is 0 Å². The molecule has 0 saturated heterocycles. The number of amides is 1. The van der Waals surface area contributed by atoms with Gasteiger partial charge in [-0.05, 0) is 42.8 Å². The Morgan fingerprint density at radius 2 is 1.85 bits per heavy atom.